The standard InChI is InChI=1S/C33H28F3N9/c1-3-26(20-7-5-4-6-8-20)42-30-22(16-38)17-39-29-21(15-37)13-23(14-25(29)30)41-31(24-9-10-28(34)40-19(24)2)27-18-45(44-43-27)33(11-12-33)32(35)36/h4-10,13-14,17-18,26,31-32,41H,3,11-12H2,1-2H3,(H,39,42). The number of alkyl halides is 2. The molecule has 0 spiro atoms. The second kappa shape index (κ2) is 11.9. The largest absolute Gasteiger partial charge is 0.377 e. The first-order valence-electron chi connectivity index (χ1n) is 14.5. The van der Waals surface area contributed by atoms with E-state index in [0.29, 0.717) is 44.8 Å². The number of pyridine rings is 2. The number of hydrogen-bond donors (Lipinski definition) is 2. The van der Waals surface area contributed by atoms with E-state index in [-0.39, 0.29) is 24.4 Å². The zero-order valence-electron chi connectivity index (χ0n) is 24.5. The van der Waals surface area contributed by atoms with Gasteiger partial charge in [-0.3, -0.25) is 4.98 Å². The Morgan fingerprint density at radius 3 is 2.42 bits per heavy atom. The maximum Gasteiger partial charge on any atom is 0.263 e. The molecule has 9 nitrogen and oxygen atoms in total. The molecule has 0 bridgehead atoms. The highest BCUT2D eigenvalue weighted by atomic mass is 19.3. The first-order chi connectivity index (χ1) is 21.8. The van der Waals surface area contributed by atoms with Gasteiger partial charge in [0, 0.05) is 28.5 Å². The van der Waals surface area contributed by atoms with Gasteiger partial charge in [0.1, 0.15) is 23.4 Å². The topological polar surface area (TPSA) is 128 Å². The summed E-state index contributed by atoms with van der Waals surface area (Å²) in [5, 5.41) is 35.8. The molecule has 3 aromatic heterocycles. The Morgan fingerprint density at radius 2 is 1.78 bits per heavy atom. The lowest BCUT2D eigenvalue weighted by Gasteiger charge is -2.23. The summed E-state index contributed by atoms with van der Waals surface area (Å²) in [4.78, 5) is 8.40. The minimum atomic E-state index is -2.61. The van der Waals surface area contributed by atoms with Crippen LogP contribution in [0.3, 0.4) is 0 Å². The predicted molar refractivity (Wildman–Crippen MR) is 162 cm³/mol. The van der Waals surface area contributed by atoms with E-state index in [1.165, 1.54) is 23.1 Å². The van der Waals surface area contributed by atoms with Crippen molar-refractivity contribution in [1.29, 1.82) is 10.5 Å². The Kier molecular flexibility index (Phi) is 7.81. The van der Waals surface area contributed by atoms with Crippen LogP contribution in [0.5, 0.6) is 0 Å². The molecular weight excluding hydrogens is 579 g/mol. The molecule has 226 valence electrons. The molecule has 0 saturated heterocycles. The third-order valence-electron chi connectivity index (χ3n) is 8.29. The first kappa shape index (κ1) is 29.6. The van der Waals surface area contributed by atoms with Crippen LogP contribution in [0.25, 0.3) is 10.9 Å². The number of aryl methyl sites for hydroxylation is 1. The van der Waals surface area contributed by atoms with Crippen molar-refractivity contribution < 1.29 is 13.2 Å². The minimum absolute atomic E-state index is 0.133. The van der Waals surface area contributed by atoms with Gasteiger partial charge in [0.15, 0.2) is 0 Å². The second-order valence-corrected chi connectivity index (χ2v) is 11.1. The van der Waals surface area contributed by atoms with Gasteiger partial charge in [-0.05, 0) is 49.9 Å². The van der Waals surface area contributed by atoms with Gasteiger partial charge in [0.25, 0.3) is 6.43 Å². The summed E-state index contributed by atoms with van der Waals surface area (Å²) < 4.78 is 43.0. The summed E-state index contributed by atoms with van der Waals surface area (Å²) >= 11 is 0. The average Bonchev–Trinajstić information content (AvgIpc) is 3.72. The summed E-state index contributed by atoms with van der Waals surface area (Å²) in [5.74, 6) is -0.666. The highest BCUT2D eigenvalue weighted by molar-refractivity contribution is 5.99. The van der Waals surface area contributed by atoms with Crippen LogP contribution in [0.2, 0.25) is 0 Å². The summed E-state index contributed by atoms with van der Waals surface area (Å²) in [6.45, 7) is 3.67. The number of anilines is 2. The van der Waals surface area contributed by atoms with Gasteiger partial charge in [0.2, 0.25) is 5.95 Å². The third kappa shape index (κ3) is 5.51. The fourth-order valence-corrected chi connectivity index (χ4v) is 5.62. The molecule has 1 aliphatic carbocycles. The van der Waals surface area contributed by atoms with Crippen molar-refractivity contribution in [2.45, 2.75) is 57.2 Å². The molecule has 0 amide bonds. The van der Waals surface area contributed by atoms with Gasteiger partial charge in [-0.15, -0.1) is 5.10 Å². The van der Waals surface area contributed by atoms with E-state index in [0.717, 1.165) is 12.0 Å². The number of fused-ring (bicyclic) bond motifs is 1. The second-order valence-electron chi connectivity index (χ2n) is 11.1. The molecule has 1 saturated carbocycles. The highest BCUT2D eigenvalue weighted by Crippen LogP contribution is 2.48. The van der Waals surface area contributed by atoms with Crippen LogP contribution in [-0.2, 0) is 5.54 Å². The predicted octanol–water partition coefficient (Wildman–Crippen LogP) is 6.93. The highest BCUT2D eigenvalue weighted by Gasteiger charge is 2.54. The molecule has 12 heteroatoms. The fraction of sp³-hybridized carbons (Fsp3) is 0.273. The van der Waals surface area contributed by atoms with E-state index in [1.54, 1.807) is 25.1 Å². The van der Waals surface area contributed by atoms with Gasteiger partial charge in [-0.25, -0.2) is 18.4 Å². The van der Waals surface area contributed by atoms with Crippen molar-refractivity contribution in [1.82, 2.24) is 25.0 Å². The Hall–Kier alpha value is -5.49. The SMILES string of the molecule is CCC(Nc1c(C#N)cnc2c(C#N)cc(NC(c3cn(C4(C(F)F)CC4)nn3)c3ccc(F)nc3C)cc12)c1ccccc1. The Morgan fingerprint density at radius 1 is 1.02 bits per heavy atom. The summed E-state index contributed by atoms with van der Waals surface area (Å²) in [7, 11) is 0. The van der Waals surface area contributed by atoms with Crippen LogP contribution in [-0.4, -0.2) is 31.4 Å². The molecule has 1 aliphatic rings. The van der Waals surface area contributed by atoms with Crippen LogP contribution >= 0.6 is 0 Å². The normalized spacial score (nSPS) is 14.8. The van der Waals surface area contributed by atoms with E-state index in [2.05, 4.69) is 43.1 Å². The van der Waals surface area contributed by atoms with Crippen LogP contribution in [0.4, 0.5) is 24.5 Å². The van der Waals surface area contributed by atoms with Crippen molar-refractivity contribution >= 4 is 22.3 Å². The van der Waals surface area contributed by atoms with E-state index in [1.807, 2.05) is 37.3 Å². The molecule has 0 radical (unpaired) electrons. The minimum Gasteiger partial charge on any atom is -0.377 e. The molecule has 1 fully saturated rings. The van der Waals surface area contributed by atoms with Gasteiger partial charge in [0.05, 0.1) is 40.6 Å². The van der Waals surface area contributed by atoms with Crippen molar-refractivity contribution in [2.24, 2.45) is 0 Å². The third-order valence-corrected chi connectivity index (χ3v) is 8.29. The van der Waals surface area contributed by atoms with Crippen LogP contribution in [0.15, 0.2) is 67.0 Å². The quantitative estimate of drug-likeness (QED) is 0.164. The van der Waals surface area contributed by atoms with Crippen molar-refractivity contribution in [3.05, 3.63) is 107 Å². The number of hydrogen-bond acceptors (Lipinski definition) is 8. The zero-order chi connectivity index (χ0) is 31.7. The number of nitrogens with one attached hydrogen (secondary N) is 2. The molecule has 2 aromatic carbocycles. The smallest absolute Gasteiger partial charge is 0.263 e. The number of halogens is 3. The monoisotopic (exact) mass is 607 g/mol. The summed E-state index contributed by atoms with van der Waals surface area (Å²) in [6.07, 6.45) is 1.59. The van der Waals surface area contributed by atoms with Crippen molar-refractivity contribution in [2.75, 3.05) is 10.6 Å². The summed E-state index contributed by atoms with van der Waals surface area (Å²) in [5.41, 5.74) is 2.80. The molecule has 0 aliphatic heterocycles. The van der Waals surface area contributed by atoms with Crippen LogP contribution < -0.4 is 10.6 Å². The van der Waals surface area contributed by atoms with E-state index >= 15 is 0 Å². The molecule has 2 unspecified atom stereocenters. The van der Waals surface area contributed by atoms with Gasteiger partial charge < -0.3 is 10.6 Å². The maximum absolute atomic E-state index is 14.0. The zero-order valence-corrected chi connectivity index (χ0v) is 24.5. The number of aromatic nitrogens is 5. The van der Waals surface area contributed by atoms with E-state index in [4.69, 9.17) is 0 Å². The lowest BCUT2D eigenvalue weighted by molar-refractivity contribution is 0.0593. The average molecular weight is 608 g/mol. The van der Waals surface area contributed by atoms with Crippen LogP contribution in [0.1, 0.15) is 71.9 Å². The maximum atomic E-state index is 14.0. The molecule has 6 rings (SSSR count). The Bertz CT molecular complexity index is 1960. The molecular formula is C33H28F3N9. The fourth-order valence-electron chi connectivity index (χ4n) is 5.62. The van der Waals surface area contributed by atoms with Gasteiger partial charge in [-0.1, -0.05) is 48.5 Å². The molecule has 5 aromatic rings. The number of nitrogens with zero attached hydrogens (tertiary/aromatic N) is 7. The van der Waals surface area contributed by atoms with E-state index < -0.39 is 24.0 Å². The lowest BCUT2D eigenvalue weighted by atomic mass is 9.99. The number of nitriles is 2. The Balaban J connectivity index is 1.47. The molecule has 45 heavy (non-hydrogen) atoms. The Labute approximate surface area is 257 Å². The lowest BCUT2D eigenvalue weighted by Crippen LogP contribution is -2.26. The van der Waals surface area contributed by atoms with Gasteiger partial charge in [-0.2, -0.15) is 14.9 Å². The van der Waals surface area contributed by atoms with E-state index in [9.17, 15) is 23.7 Å². The molecule has 2 atom stereocenters. The molecule has 2 N–H and O–H groups in total. The van der Waals surface area contributed by atoms with Crippen LogP contribution in [0, 0.1) is 35.5 Å². The number of rotatable bonds is 10. The van der Waals surface area contributed by atoms with Crippen molar-refractivity contribution in [3.8, 4) is 12.1 Å². The van der Waals surface area contributed by atoms with Crippen molar-refractivity contribution in [3.63, 3.8) is 0 Å². The summed E-state index contributed by atoms with van der Waals surface area (Å²) in [6, 6.07) is 19.5. The first-order valence-corrected chi connectivity index (χ1v) is 14.5. The molecule has 3 heterocycles. The van der Waals surface area contributed by atoms with Gasteiger partial charge >= 0.3 is 0 Å². The number of benzene rings is 2.